The van der Waals surface area contributed by atoms with Crippen LogP contribution in [0.2, 0.25) is 0 Å². The van der Waals surface area contributed by atoms with Gasteiger partial charge < -0.3 is 10.4 Å². The highest BCUT2D eigenvalue weighted by Gasteiger charge is 2.24. The molecule has 1 heterocycles. The molecule has 0 atom stereocenters. The maximum Gasteiger partial charge on any atom is 0.358 e. The smallest absolute Gasteiger partial charge is 0.358 e. The molecule has 7 heteroatoms. The van der Waals surface area contributed by atoms with Crippen LogP contribution in [-0.2, 0) is 6.42 Å². The van der Waals surface area contributed by atoms with E-state index < -0.39 is 5.97 Å². The van der Waals surface area contributed by atoms with Crippen molar-refractivity contribution in [2.45, 2.75) is 45.4 Å². The van der Waals surface area contributed by atoms with E-state index in [9.17, 15) is 14.7 Å². The summed E-state index contributed by atoms with van der Waals surface area (Å²) in [5.41, 5.74) is 1.92. The Kier molecular flexibility index (Phi) is 5.65. The number of carbonyl (C=O) groups is 2. The zero-order valence-electron chi connectivity index (χ0n) is 14.9. The summed E-state index contributed by atoms with van der Waals surface area (Å²) in [6.07, 6.45) is 6.51. The molecule has 1 aliphatic rings. The van der Waals surface area contributed by atoms with Crippen LogP contribution in [0.4, 0.5) is 0 Å². The van der Waals surface area contributed by atoms with Crippen molar-refractivity contribution in [1.29, 1.82) is 0 Å². The number of carbonyl (C=O) groups excluding carboxylic acids is 1. The second-order valence-electron chi connectivity index (χ2n) is 6.72. The lowest BCUT2D eigenvalue weighted by atomic mass is 9.85. The van der Waals surface area contributed by atoms with Crippen LogP contribution in [-0.4, -0.2) is 38.5 Å². The Morgan fingerprint density at radius 1 is 1.19 bits per heavy atom. The van der Waals surface area contributed by atoms with Crippen LogP contribution in [0.1, 0.15) is 65.6 Å². The number of hydrogen-bond acceptors (Lipinski definition) is 4. The van der Waals surface area contributed by atoms with Gasteiger partial charge >= 0.3 is 5.97 Å². The summed E-state index contributed by atoms with van der Waals surface area (Å²) < 4.78 is 1.60. The third kappa shape index (κ3) is 3.92. The monoisotopic (exact) mass is 356 g/mol. The summed E-state index contributed by atoms with van der Waals surface area (Å²) in [6, 6.07) is 6.98. The Hall–Kier alpha value is -2.70. The molecular formula is C19H24N4O3. The van der Waals surface area contributed by atoms with Crippen molar-refractivity contribution in [1.82, 2.24) is 20.3 Å². The summed E-state index contributed by atoms with van der Waals surface area (Å²) in [7, 11) is 0. The van der Waals surface area contributed by atoms with Gasteiger partial charge in [0.1, 0.15) is 0 Å². The van der Waals surface area contributed by atoms with Crippen molar-refractivity contribution < 1.29 is 14.7 Å². The van der Waals surface area contributed by atoms with Gasteiger partial charge in [-0.25, -0.2) is 9.48 Å². The minimum Gasteiger partial charge on any atom is -0.476 e. The molecule has 0 unspecified atom stereocenters. The highest BCUT2D eigenvalue weighted by molar-refractivity contribution is 5.94. The van der Waals surface area contributed by atoms with Crippen LogP contribution in [0.15, 0.2) is 24.3 Å². The Balaban J connectivity index is 1.89. The van der Waals surface area contributed by atoms with E-state index in [2.05, 4.69) is 15.6 Å². The van der Waals surface area contributed by atoms with Crippen molar-refractivity contribution in [3.8, 4) is 5.69 Å². The van der Waals surface area contributed by atoms with Crippen LogP contribution in [0.3, 0.4) is 0 Å². The molecule has 7 nitrogen and oxygen atoms in total. The van der Waals surface area contributed by atoms with Crippen LogP contribution >= 0.6 is 0 Å². The zero-order chi connectivity index (χ0) is 18.5. The minimum absolute atomic E-state index is 0.0170. The first-order valence-electron chi connectivity index (χ1n) is 9.16. The number of benzene rings is 1. The summed E-state index contributed by atoms with van der Waals surface area (Å²) in [4.78, 5) is 23.4. The lowest BCUT2D eigenvalue weighted by Crippen LogP contribution is -2.22. The quantitative estimate of drug-likeness (QED) is 0.829. The number of carboxylic acid groups (broad SMARTS) is 1. The molecular weight excluding hydrogens is 332 g/mol. The van der Waals surface area contributed by atoms with E-state index in [4.69, 9.17) is 0 Å². The van der Waals surface area contributed by atoms with Gasteiger partial charge in [0, 0.05) is 12.1 Å². The average Bonchev–Trinajstić information content (AvgIpc) is 3.06. The molecule has 1 fully saturated rings. The van der Waals surface area contributed by atoms with Crippen molar-refractivity contribution in [2.75, 3.05) is 6.54 Å². The van der Waals surface area contributed by atoms with Gasteiger partial charge in [-0.2, -0.15) is 0 Å². The fourth-order valence-corrected chi connectivity index (χ4v) is 3.54. The standard InChI is InChI=1S/C19H24N4O3/c1-2-20-18(24)14-8-10-15(11-9-14)23-16(17(19(25)26)21-22-23)12-13-6-4-3-5-7-13/h8-11,13H,2-7,12H2,1H3,(H,20,24)(H,25,26). The SMILES string of the molecule is CCNC(=O)c1ccc(-n2nnc(C(=O)O)c2CC2CCCCC2)cc1. The Labute approximate surface area is 152 Å². The number of hydrogen-bond donors (Lipinski definition) is 2. The molecule has 26 heavy (non-hydrogen) atoms. The van der Waals surface area contributed by atoms with E-state index in [1.165, 1.54) is 19.3 Å². The molecule has 2 N–H and O–H groups in total. The number of nitrogens with zero attached hydrogens (tertiary/aromatic N) is 3. The van der Waals surface area contributed by atoms with Crippen molar-refractivity contribution in [2.24, 2.45) is 5.92 Å². The van der Waals surface area contributed by atoms with Gasteiger partial charge in [-0.1, -0.05) is 37.3 Å². The molecule has 2 aromatic rings. The van der Waals surface area contributed by atoms with Gasteiger partial charge in [0.25, 0.3) is 5.91 Å². The molecule has 1 saturated carbocycles. The van der Waals surface area contributed by atoms with E-state index in [-0.39, 0.29) is 11.6 Å². The Bertz CT molecular complexity index is 777. The van der Waals surface area contributed by atoms with Gasteiger partial charge in [0.15, 0.2) is 5.69 Å². The number of carboxylic acids is 1. The predicted molar refractivity (Wildman–Crippen MR) is 96.6 cm³/mol. The average molecular weight is 356 g/mol. The third-order valence-corrected chi connectivity index (χ3v) is 4.88. The fraction of sp³-hybridized carbons (Fsp3) is 0.474. The summed E-state index contributed by atoms with van der Waals surface area (Å²) in [5.74, 6) is -0.721. The fourth-order valence-electron chi connectivity index (χ4n) is 3.54. The van der Waals surface area contributed by atoms with Crippen LogP contribution in [0.25, 0.3) is 5.69 Å². The van der Waals surface area contributed by atoms with Crippen LogP contribution in [0.5, 0.6) is 0 Å². The molecule has 1 aromatic carbocycles. The normalized spacial score (nSPS) is 15.0. The summed E-state index contributed by atoms with van der Waals surface area (Å²) >= 11 is 0. The van der Waals surface area contributed by atoms with Crippen molar-refractivity contribution >= 4 is 11.9 Å². The molecule has 138 valence electrons. The number of amides is 1. The highest BCUT2D eigenvalue weighted by atomic mass is 16.4. The van der Waals surface area contributed by atoms with Crippen molar-refractivity contribution in [3.05, 3.63) is 41.2 Å². The van der Waals surface area contributed by atoms with E-state index in [1.54, 1.807) is 28.9 Å². The lowest BCUT2D eigenvalue weighted by molar-refractivity contribution is 0.0688. The topological polar surface area (TPSA) is 97.1 Å². The van der Waals surface area contributed by atoms with Gasteiger partial charge in [-0.15, -0.1) is 5.10 Å². The van der Waals surface area contributed by atoms with E-state index in [0.29, 0.717) is 35.8 Å². The molecule has 0 radical (unpaired) electrons. The Morgan fingerprint density at radius 2 is 1.88 bits per heavy atom. The van der Waals surface area contributed by atoms with Gasteiger partial charge in [0.2, 0.25) is 0 Å². The number of aromatic carboxylic acids is 1. The Morgan fingerprint density at radius 3 is 2.50 bits per heavy atom. The molecule has 1 amide bonds. The molecule has 3 rings (SSSR count). The molecule has 0 bridgehead atoms. The summed E-state index contributed by atoms with van der Waals surface area (Å²) in [5, 5.41) is 20.2. The second kappa shape index (κ2) is 8.12. The zero-order valence-corrected chi connectivity index (χ0v) is 14.9. The lowest BCUT2D eigenvalue weighted by Gasteiger charge is -2.21. The third-order valence-electron chi connectivity index (χ3n) is 4.88. The first-order chi connectivity index (χ1) is 12.6. The minimum atomic E-state index is -1.05. The largest absolute Gasteiger partial charge is 0.476 e. The van der Waals surface area contributed by atoms with Crippen LogP contribution in [0, 0.1) is 5.92 Å². The summed E-state index contributed by atoms with van der Waals surface area (Å²) in [6.45, 7) is 2.43. The first kappa shape index (κ1) is 18.1. The van der Waals surface area contributed by atoms with Gasteiger partial charge in [-0.05, 0) is 43.5 Å². The van der Waals surface area contributed by atoms with E-state index >= 15 is 0 Å². The first-order valence-corrected chi connectivity index (χ1v) is 9.16. The molecule has 0 saturated heterocycles. The number of rotatable bonds is 6. The predicted octanol–water partition coefficient (Wildman–Crippen LogP) is 2.84. The second-order valence-corrected chi connectivity index (χ2v) is 6.72. The maximum atomic E-state index is 11.9. The number of aromatic nitrogens is 3. The van der Waals surface area contributed by atoms with Gasteiger partial charge in [0.05, 0.1) is 11.4 Å². The van der Waals surface area contributed by atoms with Gasteiger partial charge in [-0.3, -0.25) is 4.79 Å². The highest BCUT2D eigenvalue weighted by Crippen LogP contribution is 2.28. The molecule has 0 aliphatic heterocycles. The molecule has 1 aromatic heterocycles. The van der Waals surface area contributed by atoms with Crippen LogP contribution < -0.4 is 5.32 Å². The molecule has 1 aliphatic carbocycles. The number of nitrogens with one attached hydrogen (secondary N) is 1. The van der Waals surface area contributed by atoms with E-state index in [0.717, 1.165) is 12.8 Å². The van der Waals surface area contributed by atoms with E-state index in [1.807, 2.05) is 6.92 Å². The van der Waals surface area contributed by atoms with Crippen molar-refractivity contribution in [3.63, 3.8) is 0 Å². The molecule has 0 spiro atoms. The maximum absolute atomic E-state index is 11.9.